The van der Waals surface area contributed by atoms with Crippen molar-refractivity contribution in [2.45, 2.75) is 37.3 Å². The molecule has 20 heavy (non-hydrogen) atoms. The molecular weight excluding hydrogens is 248 g/mol. The van der Waals surface area contributed by atoms with Gasteiger partial charge in [0.25, 0.3) is 0 Å². The van der Waals surface area contributed by atoms with E-state index in [0.29, 0.717) is 0 Å². The van der Waals surface area contributed by atoms with Gasteiger partial charge in [-0.2, -0.15) is 0 Å². The Morgan fingerprint density at radius 1 is 1.20 bits per heavy atom. The Morgan fingerprint density at radius 2 is 1.95 bits per heavy atom. The highest BCUT2D eigenvalue weighted by atomic mass is 16.5. The minimum Gasteiger partial charge on any atom is -0.377 e. The average molecular weight is 270 g/mol. The molecule has 1 saturated carbocycles. The van der Waals surface area contributed by atoms with Gasteiger partial charge in [-0.15, -0.1) is 0 Å². The van der Waals surface area contributed by atoms with Gasteiger partial charge in [-0.05, 0) is 42.0 Å². The van der Waals surface area contributed by atoms with Crippen molar-refractivity contribution in [2.75, 3.05) is 7.11 Å². The minimum absolute atomic E-state index is 0.0916. The molecular formula is C17H22N2O. The van der Waals surface area contributed by atoms with E-state index in [1.54, 1.807) is 7.11 Å². The van der Waals surface area contributed by atoms with Crippen molar-refractivity contribution in [3.05, 3.63) is 48.0 Å². The molecule has 1 aliphatic carbocycles. The molecule has 0 aliphatic heterocycles. The first kappa shape index (κ1) is 13.6. The zero-order valence-corrected chi connectivity index (χ0v) is 11.9. The average Bonchev–Trinajstić information content (AvgIpc) is 2.45. The first-order valence-corrected chi connectivity index (χ1v) is 7.27. The van der Waals surface area contributed by atoms with Crippen molar-refractivity contribution >= 4 is 10.8 Å². The summed E-state index contributed by atoms with van der Waals surface area (Å²) in [6.07, 6.45) is 4.29. The van der Waals surface area contributed by atoms with Gasteiger partial charge in [-0.25, -0.2) is 0 Å². The highest BCUT2D eigenvalue weighted by Crippen LogP contribution is 2.39. The lowest BCUT2D eigenvalue weighted by Crippen LogP contribution is -2.59. The van der Waals surface area contributed by atoms with Crippen LogP contribution in [0.1, 0.15) is 24.8 Å². The first-order valence-electron chi connectivity index (χ1n) is 7.27. The number of hydrogen-bond donors (Lipinski definition) is 2. The molecule has 2 aromatic carbocycles. The van der Waals surface area contributed by atoms with E-state index >= 15 is 0 Å². The number of ether oxygens (including phenoxy) is 1. The van der Waals surface area contributed by atoms with E-state index < -0.39 is 0 Å². The van der Waals surface area contributed by atoms with Gasteiger partial charge in [0.15, 0.2) is 0 Å². The topological polar surface area (TPSA) is 47.3 Å². The van der Waals surface area contributed by atoms with Gasteiger partial charge in [-0.3, -0.25) is 11.3 Å². The fraction of sp³-hybridized carbons (Fsp3) is 0.412. The first-order chi connectivity index (χ1) is 9.79. The van der Waals surface area contributed by atoms with Crippen LogP contribution in [0.4, 0.5) is 0 Å². The summed E-state index contributed by atoms with van der Waals surface area (Å²) in [5.74, 6) is 5.81. The molecule has 0 aromatic heterocycles. The van der Waals surface area contributed by atoms with E-state index in [4.69, 9.17) is 10.6 Å². The third-order valence-corrected chi connectivity index (χ3v) is 4.75. The van der Waals surface area contributed by atoms with E-state index in [-0.39, 0.29) is 11.6 Å². The smallest absolute Gasteiger partial charge is 0.0847 e. The Balaban J connectivity index is 1.91. The molecule has 0 amide bonds. The molecule has 3 heteroatoms. The van der Waals surface area contributed by atoms with E-state index in [0.717, 1.165) is 19.3 Å². The normalized spacial score (nSPS) is 18.7. The van der Waals surface area contributed by atoms with Crippen molar-refractivity contribution in [3.8, 4) is 0 Å². The number of methoxy groups -OCH3 is 1. The monoisotopic (exact) mass is 270 g/mol. The number of hydrazine groups is 1. The molecule has 2 aromatic rings. The van der Waals surface area contributed by atoms with Crippen molar-refractivity contribution in [2.24, 2.45) is 5.84 Å². The number of nitrogens with one attached hydrogen (secondary N) is 1. The van der Waals surface area contributed by atoms with Crippen LogP contribution < -0.4 is 11.3 Å². The number of rotatable bonds is 5. The second kappa shape index (κ2) is 5.52. The minimum atomic E-state index is -0.0916. The quantitative estimate of drug-likeness (QED) is 0.649. The molecule has 0 saturated heterocycles. The van der Waals surface area contributed by atoms with Gasteiger partial charge in [0.1, 0.15) is 0 Å². The summed E-state index contributed by atoms with van der Waals surface area (Å²) in [7, 11) is 1.80. The zero-order valence-electron chi connectivity index (χ0n) is 11.9. The number of hydrogen-bond acceptors (Lipinski definition) is 3. The Bertz CT molecular complexity index is 582. The van der Waals surface area contributed by atoms with Crippen LogP contribution in [-0.2, 0) is 11.2 Å². The van der Waals surface area contributed by atoms with Crippen LogP contribution in [0.5, 0.6) is 0 Å². The van der Waals surface area contributed by atoms with Gasteiger partial charge in [0.2, 0.25) is 0 Å². The van der Waals surface area contributed by atoms with E-state index in [9.17, 15) is 0 Å². The molecule has 0 spiro atoms. The van der Waals surface area contributed by atoms with Crippen molar-refractivity contribution < 1.29 is 4.74 Å². The lowest BCUT2D eigenvalue weighted by molar-refractivity contribution is -0.0981. The zero-order chi connectivity index (χ0) is 14.0. The molecule has 1 aliphatic rings. The Labute approximate surface area is 120 Å². The third kappa shape index (κ3) is 2.22. The Hall–Kier alpha value is -1.42. The predicted molar refractivity (Wildman–Crippen MR) is 82.4 cm³/mol. The predicted octanol–water partition coefficient (Wildman–Crippen LogP) is 2.78. The largest absolute Gasteiger partial charge is 0.377 e. The van der Waals surface area contributed by atoms with E-state index in [2.05, 4.69) is 47.9 Å². The maximum absolute atomic E-state index is 5.81. The molecule has 1 atom stereocenters. The van der Waals surface area contributed by atoms with Crippen LogP contribution in [0, 0.1) is 0 Å². The summed E-state index contributed by atoms with van der Waals surface area (Å²) in [5, 5.41) is 2.58. The van der Waals surface area contributed by atoms with Gasteiger partial charge in [-0.1, -0.05) is 42.5 Å². The van der Waals surface area contributed by atoms with Crippen molar-refractivity contribution in [1.29, 1.82) is 0 Å². The SMILES string of the molecule is COC1(C(Cc2cccc3ccccc23)NN)CCC1. The molecule has 0 bridgehead atoms. The van der Waals surface area contributed by atoms with Gasteiger partial charge in [0, 0.05) is 7.11 Å². The molecule has 1 fully saturated rings. The van der Waals surface area contributed by atoms with Crippen LogP contribution in [0.25, 0.3) is 10.8 Å². The van der Waals surface area contributed by atoms with Crippen molar-refractivity contribution in [1.82, 2.24) is 5.43 Å². The molecule has 1 unspecified atom stereocenters. The summed E-state index contributed by atoms with van der Waals surface area (Å²) < 4.78 is 5.77. The maximum Gasteiger partial charge on any atom is 0.0847 e. The fourth-order valence-corrected chi connectivity index (χ4v) is 3.31. The van der Waals surface area contributed by atoms with Crippen LogP contribution in [0.3, 0.4) is 0 Å². The molecule has 106 valence electrons. The molecule has 3 rings (SSSR count). The van der Waals surface area contributed by atoms with Crippen LogP contribution in [0.2, 0.25) is 0 Å². The van der Waals surface area contributed by atoms with E-state index in [1.807, 2.05) is 0 Å². The summed E-state index contributed by atoms with van der Waals surface area (Å²) >= 11 is 0. The lowest BCUT2D eigenvalue weighted by atomic mass is 9.72. The lowest BCUT2D eigenvalue weighted by Gasteiger charge is -2.46. The highest BCUT2D eigenvalue weighted by molar-refractivity contribution is 5.85. The fourth-order valence-electron chi connectivity index (χ4n) is 3.31. The Kier molecular flexibility index (Phi) is 3.74. The maximum atomic E-state index is 5.81. The highest BCUT2D eigenvalue weighted by Gasteiger charge is 2.44. The van der Waals surface area contributed by atoms with Gasteiger partial charge in [0.05, 0.1) is 11.6 Å². The summed E-state index contributed by atoms with van der Waals surface area (Å²) in [4.78, 5) is 0. The summed E-state index contributed by atoms with van der Waals surface area (Å²) in [6.45, 7) is 0. The molecule has 3 N–H and O–H groups in total. The standard InChI is InChI=1S/C17H22N2O/c1-20-17(10-5-11-17)16(19-18)12-14-8-4-7-13-6-2-3-9-15(13)14/h2-4,6-9,16,19H,5,10-12,18H2,1H3. The van der Waals surface area contributed by atoms with Gasteiger partial charge < -0.3 is 4.74 Å². The van der Waals surface area contributed by atoms with Crippen LogP contribution in [-0.4, -0.2) is 18.8 Å². The third-order valence-electron chi connectivity index (χ3n) is 4.75. The summed E-state index contributed by atoms with van der Waals surface area (Å²) in [5.41, 5.74) is 4.22. The Morgan fingerprint density at radius 3 is 2.60 bits per heavy atom. The number of benzene rings is 2. The van der Waals surface area contributed by atoms with Crippen LogP contribution >= 0.6 is 0 Å². The number of nitrogens with two attached hydrogens (primary N) is 1. The van der Waals surface area contributed by atoms with Crippen molar-refractivity contribution in [3.63, 3.8) is 0 Å². The van der Waals surface area contributed by atoms with Gasteiger partial charge >= 0.3 is 0 Å². The van der Waals surface area contributed by atoms with E-state index in [1.165, 1.54) is 22.8 Å². The molecule has 0 heterocycles. The molecule has 0 radical (unpaired) electrons. The molecule has 3 nitrogen and oxygen atoms in total. The second-order valence-electron chi connectivity index (χ2n) is 5.68. The summed E-state index contributed by atoms with van der Waals surface area (Å²) in [6, 6.07) is 15.1. The second-order valence-corrected chi connectivity index (χ2v) is 5.68. The number of fused-ring (bicyclic) bond motifs is 1. The van der Waals surface area contributed by atoms with Crippen LogP contribution in [0.15, 0.2) is 42.5 Å².